The van der Waals surface area contributed by atoms with Crippen molar-refractivity contribution in [1.29, 1.82) is 0 Å². The fourth-order valence-corrected chi connectivity index (χ4v) is 12.0. The molecule has 0 saturated heterocycles. The Morgan fingerprint density at radius 2 is 1.16 bits per heavy atom. The van der Waals surface area contributed by atoms with Gasteiger partial charge in [0.05, 0.1) is 6.04 Å². The largest absolute Gasteiger partial charge is 0.387 e. The minimum atomic E-state index is -2.75. The topological polar surface area (TPSA) is 27.6 Å². The van der Waals surface area contributed by atoms with Gasteiger partial charge < -0.3 is 10.2 Å². The summed E-state index contributed by atoms with van der Waals surface area (Å²) in [6.07, 6.45) is 8.81. The summed E-state index contributed by atoms with van der Waals surface area (Å²) in [6.45, 7) is 0.794. The maximum Gasteiger partial charge on any atom is 0.198 e. The van der Waals surface area contributed by atoms with E-state index >= 15 is 0 Å². The Morgan fingerprint density at radius 1 is 0.614 bits per heavy atom. The zero-order valence-corrected chi connectivity index (χ0v) is 25.4. The van der Waals surface area contributed by atoms with Crippen molar-refractivity contribution in [3.05, 3.63) is 181 Å². The number of allylic oxidation sites excluding steroid dienone is 1. The molecule has 5 aromatic rings. The van der Waals surface area contributed by atoms with Crippen LogP contribution in [-0.4, -0.2) is 26.9 Å². The Morgan fingerprint density at radius 3 is 1.80 bits per heavy atom. The minimum absolute atomic E-state index is 0.215. The van der Waals surface area contributed by atoms with Crippen LogP contribution >= 0.6 is 0 Å². The van der Waals surface area contributed by atoms with Gasteiger partial charge in [0.15, 0.2) is 8.07 Å². The highest BCUT2D eigenvalue weighted by Gasteiger charge is 2.47. The molecule has 0 amide bonds. The maximum atomic E-state index is 4.58. The molecule has 3 heterocycles. The van der Waals surface area contributed by atoms with E-state index in [4.69, 9.17) is 0 Å². The molecule has 1 N–H and O–H groups in total. The van der Waals surface area contributed by atoms with Crippen LogP contribution in [0.2, 0.25) is 0 Å². The average molecular weight is 584 g/mol. The van der Waals surface area contributed by atoms with Crippen LogP contribution in [0.1, 0.15) is 0 Å². The average Bonchev–Trinajstić information content (AvgIpc) is 3.44. The number of anilines is 1. The lowest BCUT2D eigenvalue weighted by atomic mass is 9.93. The van der Waals surface area contributed by atoms with Crippen LogP contribution in [0.3, 0.4) is 0 Å². The van der Waals surface area contributed by atoms with Gasteiger partial charge >= 0.3 is 0 Å². The van der Waals surface area contributed by atoms with Crippen LogP contribution in [0.15, 0.2) is 186 Å². The van der Waals surface area contributed by atoms with E-state index in [1.807, 2.05) is 6.20 Å². The predicted molar refractivity (Wildman–Crippen MR) is 186 cm³/mol. The van der Waals surface area contributed by atoms with Gasteiger partial charge in [-0.3, -0.25) is 4.99 Å². The molecule has 0 spiro atoms. The Hall–Kier alpha value is -5.19. The summed E-state index contributed by atoms with van der Waals surface area (Å²) >= 11 is 0. The van der Waals surface area contributed by atoms with Crippen molar-refractivity contribution in [2.75, 3.05) is 11.4 Å². The van der Waals surface area contributed by atoms with E-state index in [1.54, 1.807) is 0 Å². The first kappa shape index (κ1) is 26.4. The first-order valence-corrected chi connectivity index (χ1v) is 17.3. The third kappa shape index (κ3) is 4.30. The lowest BCUT2D eigenvalue weighted by Gasteiger charge is -2.39. The first-order chi connectivity index (χ1) is 21.8. The molecule has 0 aliphatic carbocycles. The SMILES string of the molecule is C1=CC2C(C=N1)C1=C(C=C([Si](c3ccccc3)(c3ccccc3)c3ccc(-c4ccccc4)cc3)NC1)N2c1ccccc1. The van der Waals surface area contributed by atoms with Crippen LogP contribution in [0.5, 0.6) is 0 Å². The van der Waals surface area contributed by atoms with Crippen molar-refractivity contribution < 1.29 is 0 Å². The van der Waals surface area contributed by atoms with Crippen molar-refractivity contribution in [2.24, 2.45) is 10.9 Å². The van der Waals surface area contributed by atoms with E-state index < -0.39 is 8.07 Å². The number of para-hydroxylation sites is 1. The van der Waals surface area contributed by atoms with E-state index in [0.717, 1.165) is 6.54 Å². The minimum Gasteiger partial charge on any atom is -0.387 e. The fraction of sp³-hybridized carbons (Fsp3) is 0.0750. The Kier molecular flexibility index (Phi) is 6.69. The van der Waals surface area contributed by atoms with Crippen LogP contribution < -0.4 is 25.8 Å². The highest BCUT2D eigenvalue weighted by Crippen LogP contribution is 2.42. The lowest BCUT2D eigenvalue weighted by molar-refractivity contribution is 0.698. The molecule has 3 aliphatic rings. The molecule has 44 heavy (non-hydrogen) atoms. The summed E-state index contributed by atoms with van der Waals surface area (Å²) < 4.78 is 0. The Labute approximate surface area is 260 Å². The number of hydrogen-bond donors (Lipinski definition) is 1. The quantitative estimate of drug-likeness (QED) is 0.190. The molecular weight excluding hydrogens is 551 g/mol. The number of nitrogens with one attached hydrogen (secondary N) is 1. The predicted octanol–water partition coefficient (Wildman–Crippen LogP) is 6.21. The zero-order chi connectivity index (χ0) is 29.3. The maximum absolute atomic E-state index is 4.58. The summed E-state index contributed by atoms with van der Waals surface area (Å²) in [6, 6.07) is 53.4. The van der Waals surface area contributed by atoms with Crippen LogP contribution in [0.4, 0.5) is 5.69 Å². The van der Waals surface area contributed by atoms with Crippen LogP contribution in [0, 0.1) is 5.92 Å². The van der Waals surface area contributed by atoms with Gasteiger partial charge in [-0.1, -0.05) is 133 Å². The van der Waals surface area contributed by atoms with Crippen LogP contribution in [0.25, 0.3) is 11.1 Å². The molecule has 3 aliphatic heterocycles. The molecule has 0 aromatic heterocycles. The van der Waals surface area contributed by atoms with Gasteiger partial charge in [-0.2, -0.15) is 0 Å². The van der Waals surface area contributed by atoms with Gasteiger partial charge in [0.25, 0.3) is 0 Å². The van der Waals surface area contributed by atoms with Gasteiger partial charge in [-0.15, -0.1) is 0 Å². The fourth-order valence-electron chi connectivity index (χ4n) is 7.29. The van der Waals surface area contributed by atoms with Crippen LogP contribution in [-0.2, 0) is 0 Å². The number of aliphatic imine (C=N–C) groups is 1. The molecule has 8 rings (SSSR count). The first-order valence-electron chi connectivity index (χ1n) is 15.3. The summed E-state index contributed by atoms with van der Waals surface area (Å²) in [5.41, 5.74) is 6.37. The van der Waals surface area contributed by atoms with Crippen molar-refractivity contribution in [2.45, 2.75) is 6.04 Å². The third-order valence-electron chi connectivity index (χ3n) is 9.30. The van der Waals surface area contributed by atoms with E-state index in [0.29, 0.717) is 0 Å². The highest BCUT2D eigenvalue weighted by molar-refractivity contribution is 7.16. The normalized spacial score (nSPS) is 18.8. The number of rotatable bonds is 6. The van der Waals surface area contributed by atoms with Crippen molar-refractivity contribution in [3.63, 3.8) is 0 Å². The number of benzene rings is 5. The van der Waals surface area contributed by atoms with E-state index in [1.165, 1.54) is 49.0 Å². The van der Waals surface area contributed by atoms with Gasteiger partial charge in [-0.05, 0) is 56.5 Å². The van der Waals surface area contributed by atoms with Gasteiger partial charge in [-0.25, -0.2) is 0 Å². The van der Waals surface area contributed by atoms with E-state index in [9.17, 15) is 0 Å². The van der Waals surface area contributed by atoms with E-state index in [-0.39, 0.29) is 12.0 Å². The van der Waals surface area contributed by atoms with Crippen molar-refractivity contribution in [1.82, 2.24) is 5.32 Å². The molecule has 2 unspecified atom stereocenters. The van der Waals surface area contributed by atoms with Crippen molar-refractivity contribution >= 4 is 35.5 Å². The second-order valence-corrected chi connectivity index (χ2v) is 15.4. The zero-order valence-electron chi connectivity index (χ0n) is 24.4. The molecule has 212 valence electrons. The Balaban J connectivity index is 1.36. The number of nitrogens with zero attached hydrogens (tertiary/aromatic N) is 2. The lowest BCUT2D eigenvalue weighted by Crippen LogP contribution is -2.71. The number of dihydropyridines is 1. The smallest absolute Gasteiger partial charge is 0.198 e. The standard InChI is InChI=1S/C40H33N3Si/c1-5-13-30(14-6-1)31-21-23-35(24-22-31)44(33-17-9-3-10-18-33,34-19-11-4-12-20-34)40-27-39-37(29-42-40)36-28-41-26-25-38(36)43(39)32-15-7-2-8-16-32/h1-28,36,38,42H,29H2. The Bertz CT molecular complexity index is 1850. The number of hydrogen-bond acceptors (Lipinski definition) is 3. The molecule has 0 saturated carbocycles. The van der Waals surface area contributed by atoms with Crippen molar-refractivity contribution in [3.8, 4) is 11.1 Å². The molecule has 0 bridgehead atoms. The number of fused-ring (bicyclic) bond motifs is 2. The molecule has 0 fully saturated rings. The second kappa shape index (κ2) is 11.1. The highest BCUT2D eigenvalue weighted by atomic mass is 28.3. The monoisotopic (exact) mass is 583 g/mol. The summed E-state index contributed by atoms with van der Waals surface area (Å²) in [7, 11) is -2.75. The molecular formula is C40H33N3Si. The summed E-state index contributed by atoms with van der Waals surface area (Å²) in [4.78, 5) is 7.10. The third-order valence-corrected chi connectivity index (χ3v) is 14.0. The summed E-state index contributed by atoms with van der Waals surface area (Å²) in [5, 5.41) is 9.43. The summed E-state index contributed by atoms with van der Waals surface area (Å²) in [5.74, 6) is 0.246. The second-order valence-electron chi connectivity index (χ2n) is 11.6. The molecule has 3 nitrogen and oxygen atoms in total. The molecule has 2 atom stereocenters. The molecule has 4 heteroatoms. The molecule has 5 aromatic carbocycles. The molecule has 0 radical (unpaired) electrons. The van der Waals surface area contributed by atoms with Gasteiger partial charge in [0.1, 0.15) is 0 Å². The van der Waals surface area contributed by atoms with Gasteiger partial charge in [0, 0.05) is 41.6 Å². The van der Waals surface area contributed by atoms with Gasteiger partial charge in [0.2, 0.25) is 0 Å². The van der Waals surface area contributed by atoms with E-state index in [2.05, 4.69) is 179 Å².